The molecule has 3 aromatic heterocycles. The second kappa shape index (κ2) is 8.79. The lowest BCUT2D eigenvalue weighted by molar-refractivity contribution is -0.141. The van der Waals surface area contributed by atoms with E-state index in [0.717, 1.165) is 17.8 Å². The Balaban J connectivity index is 1.83. The van der Waals surface area contributed by atoms with Gasteiger partial charge in [-0.15, -0.1) is 11.8 Å². The normalized spacial score (nSPS) is 12.4. The molecule has 1 aromatic carbocycles. The van der Waals surface area contributed by atoms with Crippen molar-refractivity contribution in [2.75, 3.05) is 5.75 Å². The molecule has 0 aliphatic rings. The highest BCUT2D eigenvalue weighted by Crippen LogP contribution is 2.33. The molecule has 0 radical (unpaired) electrons. The average Bonchev–Trinajstić information content (AvgIpc) is 3.13. The molecule has 0 spiro atoms. The zero-order chi connectivity index (χ0) is 23.8. The van der Waals surface area contributed by atoms with Crippen molar-refractivity contribution in [3.8, 4) is 11.5 Å². The van der Waals surface area contributed by atoms with Crippen LogP contribution in [0, 0.1) is 0 Å². The fourth-order valence-electron chi connectivity index (χ4n) is 3.26. The van der Waals surface area contributed by atoms with Gasteiger partial charge in [0.2, 0.25) is 0 Å². The van der Waals surface area contributed by atoms with Gasteiger partial charge in [0, 0.05) is 12.8 Å². The molecule has 0 unspecified atom stereocenters. The van der Waals surface area contributed by atoms with Crippen molar-refractivity contribution in [1.82, 2.24) is 19.5 Å². The maximum Gasteiger partial charge on any atom is 0.433 e. The summed E-state index contributed by atoms with van der Waals surface area (Å²) in [7, 11) is -2.08. The minimum absolute atomic E-state index is 0.0172. The Kier molecular flexibility index (Phi) is 6.19. The number of hydrogen-bond acceptors (Lipinski definition) is 6. The quantitative estimate of drug-likeness (QED) is 0.347. The predicted octanol–water partition coefficient (Wildman–Crippen LogP) is 5.14. The van der Waals surface area contributed by atoms with Crippen molar-refractivity contribution in [3.63, 3.8) is 0 Å². The Morgan fingerprint density at radius 3 is 2.45 bits per heavy atom. The van der Waals surface area contributed by atoms with E-state index in [0.29, 0.717) is 16.3 Å². The number of benzene rings is 1. The van der Waals surface area contributed by atoms with Gasteiger partial charge in [-0.1, -0.05) is 37.3 Å². The third-order valence-electron chi connectivity index (χ3n) is 5.05. The first-order valence-corrected chi connectivity index (χ1v) is 12.5. The van der Waals surface area contributed by atoms with E-state index in [1.54, 1.807) is 13.1 Å². The molecule has 0 aliphatic heterocycles. The van der Waals surface area contributed by atoms with Crippen LogP contribution in [-0.2, 0) is 28.8 Å². The predicted molar refractivity (Wildman–Crippen MR) is 120 cm³/mol. The molecule has 0 aliphatic carbocycles. The molecule has 0 N–H and O–H groups in total. The van der Waals surface area contributed by atoms with Crippen molar-refractivity contribution in [2.24, 2.45) is 7.05 Å². The van der Waals surface area contributed by atoms with Crippen molar-refractivity contribution in [3.05, 3.63) is 66.0 Å². The molecule has 0 atom stereocenters. The highest BCUT2D eigenvalue weighted by molar-refractivity contribution is 7.98. The second-order valence-corrected chi connectivity index (χ2v) is 10.5. The number of rotatable bonds is 6. The SMILES string of the molecule is CCS(=O)(=O)c1ccc(SCc2ccccc2)nc1-c1nc2cc(C(F)(F)F)ncc2n1C. The van der Waals surface area contributed by atoms with E-state index in [1.165, 1.54) is 29.3 Å². The lowest BCUT2D eigenvalue weighted by Crippen LogP contribution is -2.09. The first-order valence-electron chi connectivity index (χ1n) is 9.90. The van der Waals surface area contributed by atoms with Gasteiger partial charge >= 0.3 is 6.18 Å². The topological polar surface area (TPSA) is 77.7 Å². The Morgan fingerprint density at radius 2 is 1.79 bits per heavy atom. The van der Waals surface area contributed by atoms with Gasteiger partial charge in [-0.3, -0.25) is 0 Å². The summed E-state index contributed by atoms with van der Waals surface area (Å²) in [5.41, 5.74) is 0.494. The minimum Gasteiger partial charge on any atom is -0.324 e. The van der Waals surface area contributed by atoms with E-state index >= 15 is 0 Å². The van der Waals surface area contributed by atoms with Crippen LogP contribution in [0.2, 0.25) is 0 Å². The third kappa shape index (κ3) is 4.74. The molecule has 11 heteroatoms. The van der Waals surface area contributed by atoms with Crippen LogP contribution in [0.4, 0.5) is 13.2 Å². The summed E-state index contributed by atoms with van der Waals surface area (Å²) in [6, 6.07) is 13.7. The Labute approximate surface area is 192 Å². The number of aryl methyl sites for hydroxylation is 1. The smallest absolute Gasteiger partial charge is 0.324 e. The number of sulfone groups is 1. The lowest BCUT2D eigenvalue weighted by atomic mass is 10.2. The molecule has 0 saturated carbocycles. The van der Waals surface area contributed by atoms with Gasteiger partial charge in [-0.25, -0.2) is 23.4 Å². The van der Waals surface area contributed by atoms with Crippen molar-refractivity contribution >= 4 is 32.6 Å². The summed E-state index contributed by atoms with van der Waals surface area (Å²) in [4.78, 5) is 12.3. The Morgan fingerprint density at radius 1 is 1.06 bits per heavy atom. The van der Waals surface area contributed by atoms with Crippen LogP contribution in [0.25, 0.3) is 22.6 Å². The molecule has 6 nitrogen and oxygen atoms in total. The van der Waals surface area contributed by atoms with Crippen molar-refractivity contribution in [1.29, 1.82) is 0 Å². The zero-order valence-corrected chi connectivity index (χ0v) is 19.3. The fraction of sp³-hybridized carbons (Fsp3) is 0.227. The molecule has 0 amide bonds. The molecule has 0 fully saturated rings. The van der Waals surface area contributed by atoms with E-state index in [9.17, 15) is 21.6 Å². The molecule has 4 aromatic rings. The van der Waals surface area contributed by atoms with Crippen LogP contribution in [-0.4, -0.2) is 33.7 Å². The van der Waals surface area contributed by atoms with Crippen LogP contribution >= 0.6 is 11.8 Å². The zero-order valence-electron chi connectivity index (χ0n) is 17.7. The van der Waals surface area contributed by atoms with Crippen LogP contribution in [0.3, 0.4) is 0 Å². The van der Waals surface area contributed by atoms with E-state index < -0.39 is 21.7 Å². The number of nitrogens with zero attached hydrogens (tertiary/aromatic N) is 4. The summed E-state index contributed by atoms with van der Waals surface area (Å²) >= 11 is 1.42. The number of pyridine rings is 2. The van der Waals surface area contributed by atoms with Crippen LogP contribution < -0.4 is 0 Å². The highest BCUT2D eigenvalue weighted by atomic mass is 32.2. The summed E-state index contributed by atoms with van der Waals surface area (Å²) in [5, 5.41) is 0.574. The number of halogens is 3. The van der Waals surface area contributed by atoms with Crippen LogP contribution in [0.15, 0.2) is 64.6 Å². The first kappa shape index (κ1) is 23.2. The van der Waals surface area contributed by atoms with E-state index in [2.05, 4.69) is 15.0 Å². The maximum absolute atomic E-state index is 13.1. The first-order chi connectivity index (χ1) is 15.6. The third-order valence-corrected chi connectivity index (χ3v) is 7.81. The number of fused-ring (bicyclic) bond motifs is 1. The highest BCUT2D eigenvalue weighted by Gasteiger charge is 2.33. The van der Waals surface area contributed by atoms with Crippen molar-refractivity contribution in [2.45, 2.75) is 28.8 Å². The number of thioether (sulfide) groups is 1. The molecular weight excluding hydrogens is 473 g/mol. The van der Waals surface area contributed by atoms with E-state index in [-0.39, 0.29) is 27.7 Å². The van der Waals surface area contributed by atoms with Gasteiger partial charge < -0.3 is 4.57 Å². The molecular formula is C22H19F3N4O2S2. The summed E-state index contributed by atoms with van der Waals surface area (Å²) < 4.78 is 66.3. The molecule has 172 valence electrons. The number of imidazole rings is 1. The molecule has 0 saturated heterocycles. The van der Waals surface area contributed by atoms with Gasteiger partial charge in [-0.2, -0.15) is 13.2 Å². The average molecular weight is 493 g/mol. The van der Waals surface area contributed by atoms with Crippen LogP contribution in [0.1, 0.15) is 18.2 Å². The monoisotopic (exact) mass is 492 g/mol. The van der Waals surface area contributed by atoms with E-state index in [1.807, 2.05) is 30.3 Å². The molecule has 33 heavy (non-hydrogen) atoms. The maximum atomic E-state index is 13.1. The van der Waals surface area contributed by atoms with Crippen LogP contribution in [0.5, 0.6) is 0 Å². The summed E-state index contributed by atoms with van der Waals surface area (Å²) in [6.07, 6.45) is -3.54. The van der Waals surface area contributed by atoms with Gasteiger partial charge in [0.15, 0.2) is 15.7 Å². The fourth-order valence-corrected chi connectivity index (χ4v) is 5.11. The number of alkyl halides is 3. The standard InChI is InChI=1S/C22H19F3N4O2S2/c1-3-33(30,31)17-9-10-19(32-13-14-7-5-4-6-8-14)28-20(17)21-27-15-11-18(22(23,24)25)26-12-16(15)29(21)2/h4-12H,3,13H2,1-2H3. The van der Waals surface area contributed by atoms with Gasteiger partial charge in [-0.05, 0) is 23.8 Å². The number of aromatic nitrogens is 4. The lowest BCUT2D eigenvalue weighted by Gasteiger charge is -2.11. The Hall–Kier alpha value is -2.92. The molecule has 0 bridgehead atoms. The molecule has 3 heterocycles. The van der Waals surface area contributed by atoms with Gasteiger partial charge in [0.1, 0.15) is 11.4 Å². The van der Waals surface area contributed by atoms with Crippen molar-refractivity contribution < 1.29 is 21.6 Å². The Bertz CT molecular complexity index is 1420. The van der Waals surface area contributed by atoms with Gasteiger partial charge in [0.05, 0.1) is 32.9 Å². The molecule has 4 rings (SSSR count). The second-order valence-electron chi connectivity index (χ2n) is 7.22. The largest absolute Gasteiger partial charge is 0.433 e. The van der Waals surface area contributed by atoms with Gasteiger partial charge in [0.25, 0.3) is 0 Å². The van der Waals surface area contributed by atoms with E-state index in [4.69, 9.17) is 0 Å². The summed E-state index contributed by atoms with van der Waals surface area (Å²) in [6.45, 7) is 1.52. The summed E-state index contributed by atoms with van der Waals surface area (Å²) in [5.74, 6) is 0.622. The minimum atomic E-state index is -4.62. The number of hydrogen-bond donors (Lipinski definition) is 0.